The van der Waals surface area contributed by atoms with Crippen LogP contribution in [0.1, 0.15) is 20.7 Å². The molecule has 0 unspecified atom stereocenters. The Kier molecular flexibility index (Phi) is 4.20. The summed E-state index contributed by atoms with van der Waals surface area (Å²) in [4.78, 5) is 27.8. The van der Waals surface area contributed by atoms with E-state index in [0.29, 0.717) is 4.31 Å². The van der Waals surface area contributed by atoms with E-state index < -0.39 is 28.6 Å². The Morgan fingerprint density at radius 3 is 2.42 bits per heavy atom. The number of nitrogens with zero attached hydrogens (tertiary/aromatic N) is 2. The minimum atomic E-state index is -4.07. The molecule has 0 N–H and O–H groups in total. The first kappa shape index (κ1) is 16.7. The fourth-order valence-corrected chi connectivity index (χ4v) is 4.10. The van der Waals surface area contributed by atoms with Crippen LogP contribution in [0.3, 0.4) is 0 Å². The monoisotopic (exact) mass is 386 g/mol. The van der Waals surface area contributed by atoms with Gasteiger partial charge in [0, 0.05) is 12.4 Å². The van der Waals surface area contributed by atoms with Gasteiger partial charge >= 0.3 is 5.97 Å². The molecule has 3 rings (SSSR count). The van der Waals surface area contributed by atoms with E-state index >= 15 is 0 Å². The summed E-state index contributed by atoms with van der Waals surface area (Å²) in [6.07, 6.45) is 2.38. The molecule has 1 aromatic heterocycles. The highest BCUT2D eigenvalue weighted by atomic mass is 35.5. The fraction of sp³-hybridized carbons (Fsp3) is 0.0714. The number of hydrogen-bond acceptors (Lipinski definition) is 6. The van der Waals surface area contributed by atoms with Gasteiger partial charge in [-0.05, 0) is 12.1 Å². The molecule has 0 bridgehead atoms. The first-order chi connectivity index (χ1) is 11.3. The fourth-order valence-electron chi connectivity index (χ4n) is 2.15. The Morgan fingerprint density at radius 1 is 1.17 bits per heavy atom. The van der Waals surface area contributed by atoms with Crippen molar-refractivity contribution in [1.29, 1.82) is 0 Å². The first-order valence-corrected chi connectivity index (χ1v) is 8.66. The van der Waals surface area contributed by atoms with Crippen molar-refractivity contribution in [3.8, 4) is 0 Å². The Morgan fingerprint density at radius 2 is 1.79 bits per heavy atom. The van der Waals surface area contributed by atoms with Crippen molar-refractivity contribution in [2.75, 3.05) is 6.73 Å². The molecule has 2 aromatic rings. The zero-order valence-electron chi connectivity index (χ0n) is 11.8. The normalized spacial score (nSPS) is 15.2. The number of sulfonamides is 1. The standard InChI is InChI=1S/C14H8Cl2N2O5S/c15-9-5-17-6-10(16)12(9)14(20)23-7-18-13(19)8-3-1-2-4-11(8)24(18,21)22/h1-6H,7H2. The molecule has 124 valence electrons. The van der Waals surface area contributed by atoms with Gasteiger partial charge in [0.1, 0.15) is 10.5 Å². The second-order valence-corrected chi connectivity index (χ2v) is 7.34. The van der Waals surface area contributed by atoms with E-state index in [0.717, 1.165) is 0 Å². The molecule has 0 aliphatic carbocycles. The van der Waals surface area contributed by atoms with Crippen LogP contribution in [0.2, 0.25) is 10.0 Å². The van der Waals surface area contributed by atoms with Crippen molar-refractivity contribution in [3.63, 3.8) is 0 Å². The number of carbonyl (C=O) groups is 2. The topological polar surface area (TPSA) is 93.6 Å². The summed E-state index contributed by atoms with van der Waals surface area (Å²) in [5.41, 5.74) is -0.136. The van der Waals surface area contributed by atoms with E-state index in [1.807, 2.05) is 0 Å². The summed E-state index contributed by atoms with van der Waals surface area (Å²) in [6, 6.07) is 5.72. The summed E-state index contributed by atoms with van der Waals surface area (Å²) in [5, 5.41) is -0.0993. The highest BCUT2D eigenvalue weighted by molar-refractivity contribution is 7.90. The van der Waals surface area contributed by atoms with Gasteiger partial charge < -0.3 is 4.74 Å². The molecule has 0 fully saturated rings. The Labute approximate surface area is 146 Å². The molecule has 0 spiro atoms. The number of fused-ring (bicyclic) bond motifs is 1. The van der Waals surface area contributed by atoms with Crippen LogP contribution in [0, 0.1) is 0 Å². The van der Waals surface area contributed by atoms with Gasteiger partial charge in [0.15, 0.2) is 6.73 Å². The van der Waals surface area contributed by atoms with E-state index in [-0.39, 0.29) is 26.1 Å². The number of hydrogen-bond donors (Lipinski definition) is 0. The molecule has 2 heterocycles. The molecule has 10 heteroatoms. The molecule has 1 aliphatic rings. The number of carbonyl (C=O) groups excluding carboxylic acids is 2. The minimum Gasteiger partial charge on any atom is -0.439 e. The van der Waals surface area contributed by atoms with Gasteiger partial charge in [-0.2, -0.15) is 4.31 Å². The Hall–Kier alpha value is -2.16. The third-order valence-electron chi connectivity index (χ3n) is 3.28. The van der Waals surface area contributed by atoms with Crippen molar-refractivity contribution < 1.29 is 22.7 Å². The van der Waals surface area contributed by atoms with Crippen LogP contribution in [0.25, 0.3) is 0 Å². The Bertz CT molecular complexity index is 941. The number of ether oxygens (including phenoxy) is 1. The minimum absolute atomic E-state index is 0.0218. The van der Waals surface area contributed by atoms with Crippen LogP contribution < -0.4 is 0 Å². The molecule has 0 radical (unpaired) electrons. The lowest BCUT2D eigenvalue weighted by Gasteiger charge is -2.15. The average Bonchev–Trinajstić information content (AvgIpc) is 2.73. The maximum atomic E-state index is 12.3. The summed E-state index contributed by atoms with van der Waals surface area (Å²) >= 11 is 11.7. The maximum Gasteiger partial charge on any atom is 0.343 e. The number of aromatic nitrogens is 1. The van der Waals surface area contributed by atoms with Gasteiger partial charge in [0.25, 0.3) is 15.9 Å². The van der Waals surface area contributed by atoms with Crippen molar-refractivity contribution in [2.24, 2.45) is 0 Å². The van der Waals surface area contributed by atoms with Crippen molar-refractivity contribution in [2.45, 2.75) is 4.90 Å². The lowest BCUT2D eigenvalue weighted by Crippen LogP contribution is -2.33. The quantitative estimate of drug-likeness (QED) is 0.751. The van der Waals surface area contributed by atoms with Crippen LogP contribution in [0.15, 0.2) is 41.6 Å². The predicted octanol–water partition coefficient (Wildman–Crippen LogP) is 2.35. The molecule has 1 aromatic carbocycles. The summed E-state index contributed by atoms with van der Waals surface area (Å²) in [5.74, 6) is -1.74. The van der Waals surface area contributed by atoms with Gasteiger partial charge in [-0.1, -0.05) is 35.3 Å². The molecule has 0 atom stereocenters. The van der Waals surface area contributed by atoms with E-state index in [9.17, 15) is 18.0 Å². The average molecular weight is 387 g/mol. The van der Waals surface area contributed by atoms with Crippen LogP contribution in [0.4, 0.5) is 0 Å². The molecule has 1 amide bonds. The molecular formula is C14H8Cl2N2O5S. The Balaban J connectivity index is 1.84. The highest BCUT2D eigenvalue weighted by Gasteiger charge is 2.41. The lowest BCUT2D eigenvalue weighted by molar-refractivity contribution is 0.0358. The van der Waals surface area contributed by atoms with Gasteiger partial charge in [0.05, 0.1) is 15.6 Å². The third-order valence-corrected chi connectivity index (χ3v) is 5.62. The number of benzene rings is 1. The van der Waals surface area contributed by atoms with Crippen molar-refractivity contribution in [3.05, 3.63) is 57.8 Å². The smallest absolute Gasteiger partial charge is 0.343 e. The molecular weight excluding hydrogens is 379 g/mol. The van der Waals surface area contributed by atoms with Crippen LogP contribution in [-0.2, 0) is 14.8 Å². The molecule has 0 saturated heterocycles. The van der Waals surface area contributed by atoms with E-state index in [2.05, 4.69) is 4.98 Å². The SMILES string of the molecule is O=C(OCN1C(=O)c2ccccc2S1(=O)=O)c1c(Cl)cncc1Cl. The summed E-state index contributed by atoms with van der Waals surface area (Å²) in [7, 11) is -4.07. The summed E-state index contributed by atoms with van der Waals surface area (Å²) < 4.78 is 30.0. The van der Waals surface area contributed by atoms with Gasteiger partial charge in [-0.25, -0.2) is 13.2 Å². The van der Waals surface area contributed by atoms with E-state index in [1.165, 1.54) is 36.7 Å². The second-order valence-electron chi connectivity index (χ2n) is 4.69. The van der Waals surface area contributed by atoms with Gasteiger partial charge in [-0.3, -0.25) is 9.78 Å². The molecule has 7 nitrogen and oxygen atoms in total. The van der Waals surface area contributed by atoms with Gasteiger partial charge in [0.2, 0.25) is 0 Å². The van der Waals surface area contributed by atoms with E-state index in [4.69, 9.17) is 27.9 Å². The highest BCUT2D eigenvalue weighted by Crippen LogP contribution is 2.30. The number of amides is 1. The molecule has 0 saturated carbocycles. The predicted molar refractivity (Wildman–Crippen MR) is 84.3 cm³/mol. The number of halogens is 2. The number of esters is 1. The van der Waals surface area contributed by atoms with E-state index in [1.54, 1.807) is 0 Å². The molecule has 1 aliphatic heterocycles. The van der Waals surface area contributed by atoms with Crippen LogP contribution in [-0.4, -0.2) is 36.3 Å². The first-order valence-electron chi connectivity index (χ1n) is 6.46. The largest absolute Gasteiger partial charge is 0.439 e. The second kappa shape index (κ2) is 6.04. The third kappa shape index (κ3) is 2.62. The summed E-state index contributed by atoms with van der Waals surface area (Å²) in [6.45, 7) is -0.788. The zero-order chi connectivity index (χ0) is 17.5. The maximum absolute atomic E-state index is 12.3. The number of rotatable bonds is 3. The van der Waals surface area contributed by atoms with Gasteiger partial charge in [-0.15, -0.1) is 0 Å². The van der Waals surface area contributed by atoms with Crippen LogP contribution in [0.5, 0.6) is 0 Å². The number of pyridine rings is 1. The van der Waals surface area contributed by atoms with Crippen LogP contribution >= 0.6 is 23.2 Å². The zero-order valence-corrected chi connectivity index (χ0v) is 14.1. The molecule has 24 heavy (non-hydrogen) atoms. The van der Waals surface area contributed by atoms with Crippen molar-refractivity contribution in [1.82, 2.24) is 9.29 Å². The van der Waals surface area contributed by atoms with Crippen molar-refractivity contribution >= 4 is 45.1 Å². The lowest BCUT2D eigenvalue weighted by atomic mass is 10.2.